The Bertz CT molecular complexity index is 704. The summed E-state index contributed by atoms with van der Waals surface area (Å²) in [6.45, 7) is 5.64. The van der Waals surface area contributed by atoms with E-state index in [1.54, 1.807) is 0 Å². The molecule has 45 heavy (non-hydrogen) atoms. The molecule has 0 aromatic rings. The minimum Gasteiger partial charge on any atom is -0.462 e. The Balaban J connectivity index is 3.85. The van der Waals surface area contributed by atoms with Crippen LogP contribution in [0.25, 0.3) is 0 Å². The minimum atomic E-state index is -0.763. The highest BCUT2D eigenvalue weighted by Gasteiger charge is 2.18. The molecule has 0 rings (SSSR count). The van der Waals surface area contributed by atoms with Gasteiger partial charge in [0.2, 0.25) is 0 Å². The van der Waals surface area contributed by atoms with E-state index in [4.69, 9.17) is 14.2 Å². The first-order valence-electron chi connectivity index (χ1n) is 19.1. The zero-order chi connectivity index (χ0) is 33.1. The van der Waals surface area contributed by atoms with Crippen molar-refractivity contribution in [2.24, 2.45) is 0 Å². The zero-order valence-corrected chi connectivity index (χ0v) is 29.9. The predicted molar refractivity (Wildman–Crippen MR) is 187 cm³/mol. The largest absolute Gasteiger partial charge is 0.462 e. The van der Waals surface area contributed by atoms with Crippen LogP contribution in [0.1, 0.15) is 201 Å². The van der Waals surface area contributed by atoms with Crippen LogP contribution in [0.4, 0.5) is 0 Å². The number of ether oxygens (including phenoxy) is 3. The molecule has 0 radical (unpaired) electrons. The Morgan fingerprint density at radius 1 is 0.467 bits per heavy atom. The highest BCUT2D eigenvalue weighted by atomic mass is 16.6. The summed E-state index contributed by atoms with van der Waals surface area (Å²) in [5.41, 5.74) is 0. The van der Waals surface area contributed by atoms with Crippen LogP contribution in [0.2, 0.25) is 0 Å². The maximum absolute atomic E-state index is 12.4. The summed E-state index contributed by atoms with van der Waals surface area (Å²) in [5, 5.41) is 0. The second kappa shape index (κ2) is 35.0. The summed E-state index contributed by atoms with van der Waals surface area (Å²) in [6.07, 6.45) is 36.5. The highest BCUT2D eigenvalue weighted by Crippen LogP contribution is 2.14. The van der Waals surface area contributed by atoms with Crippen molar-refractivity contribution >= 4 is 17.9 Å². The average Bonchev–Trinajstić information content (AvgIpc) is 3.02. The van der Waals surface area contributed by atoms with Crippen LogP contribution in [-0.4, -0.2) is 37.2 Å². The second-order valence-electron chi connectivity index (χ2n) is 12.9. The molecule has 0 aliphatic rings. The normalized spacial score (nSPS) is 12.0. The van der Waals surface area contributed by atoms with Crippen molar-refractivity contribution in [2.45, 2.75) is 207 Å². The molecule has 0 unspecified atom stereocenters. The Kier molecular flexibility index (Phi) is 33.6. The second-order valence-corrected chi connectivity index (χ2v) is 12.9. The first-order valence-corrected chi connectivity index (χ1v) is 19.1. The van der Waals surface area contributed by atoms with Crippen molar-refractivity contribution in [2.75, 3.05) is 13.2 Å². The van der Waals surface area contributed by atoms with E-state index in [0.717, 1.165) is 44.9 Å². The Labute approximate surface area is 278 Å². The van der Waals surface area contributed by atoms with Gasteiger partial charge in [-0.05, 0) is 38.5 Å². The van der Waals surface area contributed by atoms with Gasteiger partial charge in [0.05, 0.1) is 0 Å². The van der Waals surface area contributed by atoms with Crippen molar-refractivity contribution in [3.63, 3.8) is 0 Å². The van der Waals surface area contributed by atoms with Gasteiger partial charge in [0.15, 0.2) is 6.10 Å². The molecule has 1 atom stereocenters. The number of esters is 3. The molecule has 0 bridgehead atoms. The fraction of sp³-hybridized carbons (Fsp3) is 0.872. The molecule has 0 saturated heterocycles. The van der Waals surface area contributed by atoms with Crippen LogP contribution in [0.15, 0.2) is 12.2 Å². The SMILES string of the molecule is CCCCCCCC/C=C\CCCCCCCC(=O)OC[C@H](COC(C)=O)OC(=O)CCCCCCCCCCCCCCC. The third kappa shape index (κ3) is 34.9. The fourth-order valence-electron chi connectivity index (χ4n) is 5.46. The van der Waals surface area contributed by atoms with Crippen molar-refractivity contribution in [1.29, 1.82) is 0 Å². The van der Waals surface area contributed by atoms with E-state index in [-0.39, 0.29) is 25.2 Å². The summed E-state index contributed by atoms with van der Waals surface area (Å²) in [5.74, 6) is -1.08. The molecule has 6 heteroatoms. The van der Waals surface area contributed by atoms with Crippen LogP contribution in [-0.2, 0) is 28.6 Å². The van der Waals surface area contributed by atoms with E-state index in [1.165, 1.54) is 129 Å². The first kappa shape index (κ1) is 43.1. The number of allylic oxidation sites excluding steroid dienone is 2. The van der Waals surface area contributed by atoms with Crippen LogP contribution < -0.4 is 0 Å². The molecule has 0 saturated carbocycles. The molecule has 0 fully saturated rings. The lowest BCUT2D eigenvalue weighted by molar-refractivity contribution is -0.166. The van der Waals surface area contributed by atoms with Crippen molar-refractivity contribution in [1.82, 2.24) is 0 Å². The third-order valence-corrected chi connectivity index (χ3v) is 8.33. The highest BCUT2D eigenvalue weighted by molar-refractivity contribution is 5.70. The monoisotopic (exact) mass is 637 g/mol. The standard InChI is InChI=1S/C39H72O6/c1-4-6-8-10-12-14-16-18-19-21-22-24-26-28-30-32-38(41)44-35-37(34-43-36(3)40)45-39(42)33-31-29-27-25-23-20-17-15-13-11-9-7-5-2/h18-19,37H,4-17,20-35H2,1-3H3/b19-18-/t37-/m0/s1. The van der Waals surface area contributed by atoms with Crippen LogP contribution >= 0.6 is 0 Å². The molecule has 264 valence electrons. The number of carbonyl (C=O) groups is 3. The smallest absolute Gasteiger partial charge is 0.306 e. The molecule has 0 spiro atoms. The molecule has 0 aromatic carbocycles. The van der Waals surface area contributed by atoms with Crippen LogP contribution in [0.3, 0.4) is 0 Å². The molecule has 0 amide bonds. The Hall–Kier alpha value is -1.85. The fourth-order valence-corrected chi connectivity index (χ4v) is 5.46. The quantitative estimate of drug-likeness (QED) is 0.0303. The van der Waals surface area contributed by atoms with Gasteiger partial charge in [-0.1, -0.05) is 154 Å². The molecule has 0 heterocycles. The number of hydrogen-bond donors (Lipinski definition) is 0. The van der Waals surface area contributed by atoms with E-state index in [0.29, 0.717) is 12.8 Å². The molecular formula is C39H72O6. The molecule has 6 nitrogen and oxygen atoms in total. The number of hydrogen-bond acceptors (Lipinski definition) is 6. The maximum Gasteiger partial charge on any atom is 0.306 e. The van der Waals surface area contributed by atoms with Gasteiger partial charge in [-0.3, -0.25) is 14.4 Å². The van der Waals surface area contributed by atoms with Gasteiger partial charge in [-0.15, -0.1) is 0 Å². The summed E-state index contributed by atoms with van der Waals surface area (Å²) in [4.78, 5) is 35.9. The van der Waals surface area contributed by atoms with Gasteiger partial charge in [0.1, 0.15) is 13.2 Å². The lowest BCUT2D eigenvalue weighted by Crippen LogP contribution is -2.30. The maximum atomic E-state index is 12.4. The molecule has 0 aliphatic heterocycles. The number of rotatable bonds is 34. The lowest BCUT2D eigenvalue weighted by Gasteiger charge is -2.18. The average molecular weight is 637 g/mol. The van der Waals surface area contributed by atoms with Gasteiger partial charge >= 0.3 is 17.9 Å². The van der Waals surface area contributed by atoms with Gasteiger partial charge in [-0.25, -0.2) is 0 Å². The lowest BCUT2D eigenvalue weighted by atomic mass is 10.0. The predicted octanol–water partition coefficient (Wildman–Crippen LogP) is 11.5. The number of carbonyl (C=O) groups excluding carboxylic acids is 3. The Morgan fingerprint density at radius 3 is 1.24 bits per heavy atom. The van der Waals surface area contributed by atoms with Gasteiger partial charge in [0.25, 0.3) is 0 Å². The Morgan fingerprint density at radius 2 is 0.822 bits per heavy atom. The zero-order valence-electron chi connectivity index (χ0n) is 29.9. The van der Waals surface area contributed by atoms with Gasteiger partial charge in [0, 0.05) is 19.8 Å². The van der Waals surface area contributed by atoms with Crippen LogP contribution in [0.5, 0.6) is 0 Å². The topological polar surface area (TPSA) is 78.9 Å². The molecular weight excluding hydrogens is 564 g/mol. The number of unbranched alkanes of at least 4 members (excludes halogenated alkanes) is 23. The molecule has 0 aliphatic carbocycles. The first-order chi connectivity index (χ1) is 22.0. The molecule has 0 aromatic heterocycles. The van der Waals surface area contributed by atoms with Gasteiger partial charge < -0.3 is 14.2 Å². The van der Waals surface area contributed by atoms with E-state index in [2.05, 4.69) is 26.0 Å². The summed E-state index contributed by atoms with van der Waals surface area (Å²) in [7, 11) is 0. The van der Waals surface area contributed by atoms with Crippen LogP contribution in [0, 0.1) is 0 Å². The van der Waals surface area contributed by atoms with E-state index >= 15 is 0 Å². The van der Waals surface area contributed by atoms with Crippen molar-refractivity contribution < 1.29 is 28.6 Å². The van der Waals surface area contributed by atoms with E-state index in [9.17, 15) is 14.4 Å². The van der Waals surface area contributed by atoms with Crippen molar-refractivity contribution in [3.8, 4) is 0 Å². The third-order valence-electron chi connectivity index (χ3n) is 8.33. The van der Waals surface area contributed by atoms with E-state index in [1.807, 2.05) is 0 Å². The van der Waals surface area contributed by atoms with Gasteiger partial charge in [-0.2, -0.15) is 0 Å². The summed E-state index contributed by atoms with van der Waals surface area (Å²) < 4.78 is 15.9. The summed E-state index contributed by atoms with van der Waals surface area (Å²) >= 11 is 0. The summed E-state index contributed by atoms with van der Waals surface area (Å²) in [6, 6.07) is 0. The molecule has 0 N–H and O–H groups in total. The minimum absolute atomic E-state index is 0.0818. The van der Waals surface area contributed by atoms with Crippen molar-refractivity contribution in [3.05, 3.63) is 12.2 Å². The van der Waals surface area contributed by atoms with E-state index < -0.39 is 12.1 Å².